The van der Waals surface area contributed by atoms with Gasteiger partial charge in [-0.2, -0.15) is 0 Å². The second-order valence-corrected chi connectivity index (χ2v) is 10.9. The minimum Gasteiger partial charge on any atom is -0.368 e. The van der Waals surface area contributed by atoms with Crippen molar-refractivity contribution in [1.29, 1.82) is 0 Å². The highest BCUT2D eigenvalue weighted by atomic mass is 35.5. The summed E-state index contributed by atoms with van der Waals surface area (Å²) in [6, 6.07) is 21.8. The normalized spacial score (nSPS) is 18.1. The molecule has 0 N–H and O–H groups in total. The quantitative estimate of drug-likeness (QED) is 0.434. The van der Waals surface area contributed by atoms with Crippen LogP contribution in [0.4, 0.5) is 5.69 Å². The number of hydrogen-bond donors (Lipinski definition) is 0. The van der Waals surface area contributed by atoms with Crippen LogP contribution in [0.25, 0.3) is 0 Å². The van der Waals surface area contributed by atoms with E-state index < -0.39 is 0 Å². The number of piperazine rings is 1. The van der Waals surface area contributed by atoms with Crippen LogP contribution in [0.15, 0.2) is 66.7 Å². The number of thioether (sulfide) groups is 1. The van der Waals surface area contributed by atoms with Gasteiger partial charge in [0.05, 0.1) is 5.75 Å². The molecule has 2 saturated heterocycles. The van der Waals surface area contributed by atoms with Crippen molar-refractivity contribution < 1.29 is 9.59 Å². The van der Waals surface area contributed by atoms with E-state index in [4.69, 9.17) is 11.6 Å². The van der Waals surface area contributed by atoms with E-state index in [0.29, 0.717) is 36.0 Å². The van der Waals surface area contributed by atoms with Crippen molar-refractivity contribution in [2.75, 3.05) is 36.8 Å². The maximum atomic E-state index is 13.2. The molecule has 0 unspecified atom stereocenters. The number of rotatable bonds is 5. The topological polar surface area (TPSA) is 43.9 Å². The van der Waals surface area contributed by atoms with E-state index in [2.05, 4.69) is 36.9 Å². The number of benzene rings is 3. The standard InChI is InChI=1S/C29H30ClN3O2S/c1-20-4-3-5-26(21(20)2)31-14-16-32(17-15-31)28(35)23-8-10-24(11-9-23)29-33(27(34)19-36-29)18-22-6-12-25(30)13-7-22/h3-13,29H,14-19H2,1-2H3/t29-/m1/s1. The minimum absolute atomic E-state index is 0.0570. The van der Waals surface area contributed by atoms with Gasteiger partial charge in [-0.1, -0.05) is 48.0 Å². The fraction of sp³-hybridized carbons (Fsp3) is 0.310. The molecule has 1 atom stereocenters. The van der Waals surface area contributed by atoms with Crippen molar-refractivity contribution in [3.05, 3.63) is 99.6 Å². The van der Waals surface area contributed by atoms with E-state index >= 15 is 0 Å². The van der Waals surface area contributed by atoms with Crippen LogP contribution in [0.1, 0.15) is 38.0 Å². The molecular formula is C29H30ClN3O2S. The van der Waals surface area contributed by atoms with Crippen LogP contribution in [0.3, 0.4) is 0 Å². The predicted molar refractivity (Wildman–Crippen MR) is 148 cm³/mol. The van der Waals surface area contributed by atoms with Gasteiger partial charge in [0.1, 0.15) is 5.37 Å². The first-order valence-electron chi connectivity index (χ1n) is 12.3. The summed E-state index contributed by atoms with van der Waals surface area (Å²) in [5.74, 6) is 0.654. The Labute approximate surface area is 222 Å². The fourth-order valence-electron chi connectivity index (χ4n) is 4.89. The van der Waals surface area contributed by atoms with Gasteiger partial charge in [0.2, 0.25) is 5.91 Å². The summed E-state index contributed by atoms with van der Waals surface area (Å²) >= 11 is 7.63. The van der Waals surface area contributed by atoms with Gasteiger partial charge >= 0.3 is 0 Å². The molecule has 0 aliphatic carbocycles. The molecule has 2 amide bonds. The molecule has 2 heterocycles. The average molecular weight is 520 g/mol. The lowest BCUT2D eigenvalue weighted by molar-refractivity contribution is -0.128. The van der Waals surface area contributed by atoms with E-state index in [1.807, 2.05) is 58.3 Å². The molecular weight excluding hydrogens is 490 g/mol. The van der Waals surface area contributed by atoms with Crippen molar-refractivity contribution in [3.8, 4) is 0 Å². The molecule has 7 heteroatoms. The van der Waals surface area contributed by atoms with Gasteiger partial charge in [-0.15, -0.1) is 11.8 Å². The van der Waals surface area contributed by atoms with Crippen LogP contribution < -0.4 is 4.90 Å². The van der Waals surface area contributed by atoms with Crippen molar-refractivity contribution in [2.24, 2.45) is 0 Å². The zero-order valence-corrected chi connectivity index (χ0v) is 22.2. The van der Waals surface area contributed by atoms with Gasteiger partial charge < -0.3 is 14.7 Å². The molecule has 36 heavy (non-hydrogen) atoms. The molecule has 3 aromatic rings. The second-order valence-electron chi connectivity index (χ2n) is 9.43. The molecule has 2 fully saturated rings. The molecule has 0 aromatic heterocycles. The number of anilines is 1. The lowest BCUT2D eigenvalue weighted by Crippen LogP contribution is -2.49. The second kappa shape index (κ2) is 10.6. The van der Waals surface area contributed by atoms with Crippen LogP contribution in [-0.2, 0) is 11.3 Å². The lowest BCUT2D eigenvalue weighted by Gasteiger charge is -2.37. The zero-order chi connectivity index (χ0) is 25.2. The number of carbonyl (C=O) groups excluding carboxylic acids is 2. The Hall–Kier alpha value is -2.96. The largest absolute Gasteiger partial charge is 0.368 e. The molecule has 2 aliphatic heterocycles. The van der Waals surface area contributed by atoms with Crippen LogP contribution in [0.5, 0.6) is 0 Å². The highest BCUT2D eigenvalue weighted by molar-refractivity contribution is 8.00. The van der Waals surface area contributed by atoms with Gasteiger partial charge in [0.15, 0.2) is 0 Å². The first kappa shape index (κ1) is 24.7. The molecule has 0 spiro atoms. The maximum Gasteiger partial charge on any atom is 0.253 e. The average Bonchev–Trinajstić information content (AvgIpc) is 3.26. The molecule has 0 bridgehead atoms. The molecule has 0 radical (unpaired) electrons. The molecule has 3 aromatic carbocycles. The SMILES string of the molecule is Cc1cccc(N2CCN(C(=O)c3ccc([C@H]4SCC(=O)N4Cc4ccc(Cl)cc4)cc3)CC2)c1C. The zero-order valence-electron chi connectivity index (χ0n) is 20.6. The highest BCUT2D eigenvalue weighted by Gasteiger charge is 2.33. The van der Waals surface area contributed by atoms with Crippen LogP contribution in [0.2, 0.25) is 5.02 Å². The minimum atomic E-state index is -0.0570. The molecule has 5 rings (SSSR count). The first-order valence-corrected chi connectivity index (χ1v) is 13.7. The lowest BCUT2D eigenvalue weighted by atomic mass is 10.1. The number of halogens is 1. The third-order valence-electron chi connectivity index (χ3n) is 7.16. The molecule has 186 valence electrons. The third kappa shape index (κ3) is 5.11. The Morgan fingerprint density at radius 1 is 0.944 bits per heavy atom. The summed E-state index contributed by atoms with van der Waals surface area (Å²) in [5, 5.41) is 0.628. The predicted octanol–water partition coefficient (Wildman–Crippen LogP) is 5.69. The van der Waals surface area contributed by atoms with Gasteiger partial charge in [-0.05, 0) is 66.4 Å². The van der Waals surface area contributed by atoms with E-state index in [1.54, 1.807) is 11.8 Å². The van der Waals surface area contributed by atoms with Crippen LogP contribution >= 0.6 is 23.4 Å². The fourth-order valence-corrected chi connectivity index (χ4v) is 6.20. The van der Waals surface area contributed by atoms with Crippen LogP contribution in [-0.4, -0.2) is 53.5 Å². The summed E-state index contributed by atoms with van der Waals surface area (Å²) in [6.07, 6.45) is 0. The number of nitrogens with zero attached hydrogens (tertiary/aromatic N) is 3. The summed E-state index contributed by atoms with van der Waals surface area (Å²) in [7, 11) is 0. The van der Waals surface area contributed by atoms with Crippen molar-refractivity contribution in [2.45, 2.75) is 25.8 Å². The van der Waals surface area contributed by atoms with E-state index in [0.717, 1.165) is 24.2 Å². The molecule has 5 nitrogen and oxygen atoms in total. The van der Waals surface area contributed by atoms with Crippen molar-refractivity contribution in [1.82, 2.24) is 9.80 Å². The summed E-state index contributed by atoms with van der Waals surface area (Å²) in [6.45, 7) is 7.91. The number of carbonyl (C=O) groups is 2. The van der Waals surface area contributed by atoms with Gasteiger partial charge in [-0.25, -0.2) is 0 Å². The Morgan fingerprint density at radius 3 is 2.33 bits per heavy atom. The summed E-state index contributed by atoms with van der Waals surface area (Å²) < 4.78 is 0. The third-order valence-corrected chi connectivity index (χ3v) is 8.67. The molecule has 2 aliphatic rings. The van der Waals surface area contributed by atoms with Gasteiger partial charge in [-0.3, -0.25) is 9.59 Å². The van der Waals surface area contributed by atoms with E-state index in [9.17, 15) is 9.59 Å². The Morgan fingerprint density at radius 2 is 1.64 bits per heavy atom. The number of amides is 2. The Kier molecular flexibility index (Phi) is 7.26. The summed E-state index contributed by atoms with van der Waals surface area (Å²) in [4.78, 5) is 32.0. The Bertz CT molecular complexity index is 1250. The van der Waals surface area contributed by atoms with Gasteiger partial charge in [0, 0.05) is 49.0 Å². The van der Waals surface area contributed by atoms with Crippen molar-refractivity contribution in [3.63, 3.8) is 0 Å². The number of aryl methyl sites for hydroxylation is 1. The maximum absolute atomic E-state index is 13.2. The van der Waals surface area contributed by atoms with E-state index in [1.165, 1.54) is 16.8 Å². The van der Waals surface area contributed by atoms with Crippen molar-refractivity contribution >= 4 is 40.9 Å². The summed E-state index contributed by atoms with van der Waals surface area (Å²) in [5.41, 5.74) is 6.64. The monoisotopic (exact) mass is 519 g/mol. The Balaban J connectivity index is 1.23. The number of hydrogen-bond acceptors (Lipinski definition) is 4. The van der Waals surface area contributed by atoms with Crippen LogP contribution in [0, 0.1) is 13.8 Å². The van der Waals surface area contributed by atoms with E-state index in [-0.39, 0.29) is 17.2 Å². The van der Waals surface area contributed by atoms with Gasteiger partial charge in [0.25, 0.3) is 5.91 Å². The molecule has 0 saturated carbocycles. The first-order chi connectivity index (χ1) is 17.4. The smallest absolute Gasteiger partial charge is 0.253 e. The highest BCUT2D eigenvalue weighted by Crippen LogP contribution is 2.39.